The van der Waals surface area contributed by atoms with Gasteiger partial charge in [0.05, 0.1) is 37.1 Å². The fourth-order valence-electron chi connectivity index (χ4n) is 10.5. The number of carbonyl (C=O) groups excluding carboxylic acids is 7. The Kier molecular flexibility index (Phi) is 28.4. The molecule has 454 valence electrons. The zero-order valence-corrected chi connectivity index (χ0v) is 46.8. The molecule has 3 aliphatic rings. The van der Waals surface area contributed by atoms with Gasteiger partial charge in [0.2, 0.25) is 41.4 Å². The normalized spacial score (nSPS) is 28.0. The average molecular weight is 1140 g/mol. The highest BCUT2D eigenvalue weighted by Gasteiger charge is 2.49. The molecular weight excluding hydrogens is 1040 g/mol. The molecule has 3 fully saturated rings. The first-order chi connectivity index (χ1) is 38.0. The van der Waals surface area contributed by atoms with Gasteiger partial charge in [-0.05, 0) is 68.7 Å². The number of carbonyl (C=O) groups is 7. The number of hydrogen-bond donors (Lipinski definition) is 17. The predicted octanol–water partition coefficient (Wildman–Crippen LogP) is -3.69. The molecule has 3 aliphatic heterocycles. The van der Waals surface area contributed by atoms with Crippen LogP contribution in [-0.2, 0) is 33.6 Å². The van der Waals surface area contributed by atoms with Gasteiger partial charge in [0.25, 0.3) is 0 Å². The van der Waals surface area contributed by atoms with Crippen molar-refractivity contribution in [1.82, 2.24) is 47.0 Å². The smallest absolute Gasteiger partial charge is 0.248 e. The number of amides is 7. The van der Waals surface area contributed by atoms with E-state index in [4.69, 9.17) is 5.73 Å². The summed E-state index contributed by atoms with van der Waals surface area (Å²) >= 11 is 0. The van der Waals surface area contributed by atoms with Crippen molar-refractivity contribution in [3.63, 3.8) is 0 Å². The average Bonchev–Trinajstić information content (AvgIpc) is 4.12. The highest BCUT2D eigenvalue weighted by molar-refractivity contribution is 5.98. The summed E-state index contributed by atoms with van der Waals surface area (Å²) in [5, 5.41) is 117. The highest BCUT2D eigenvalue weighted by atomic mass is 16.3. The molecule has 9 unspecified atom stereocenters. The molecule has 0 aliphatic carbocycles. The van der Waals surface area contributed by atoms with Crippen molar-refractivity contribution >= 4 is 41.4 Å². The quantitative estimate of drug-likeness (QED) is 0.0397. The molecule has 4 rings (SSSR count). The second-order valence-electron chi connectivity index (χ2n) is 22.0. The van der Waals surface area contributed by atoms with Crippen molar-refractivity contribution in [3.05, 3.63) is 29.8 Å². The van der Waals surface area contributed by atoms with Gasteiger partial charge in [0, 0.05) is 52.0 Å². The molecule has 18 N–H and O–H groups in total. The zero-order valence-electron chi connectivity index (χ0n) is 46.8. The van der Waals surface area contributed by atoms with Crippen LogP contribution in [0, 0.1) is 11.8 Å². The van der Waals surface area contributed by atoms with E-state index < -0.39 is 146 Å². The lowest BCUT2D eigenvalue weighted by atomic mass is 9.91. The second-order valence-corrected chi connectivity index (χ2v) is 22.0. The molecule has 26 nitrogen and oxygen atoms in total. The first-order valence-corrected chi connectivity index (χ1v) is 28.4. The molecule has 0 spiro atoms. The van der Waals surface area contributed by atoms with Crippen LogP contribution in [0.1, 0.15) is 129 Å². The topological polar surface area (TPSA) is 418 Å². The number of rotatable bonds is 26. The van der Waals surface area contributed by atoms with Crippen LogP contribution < -0.4 is 43.0 Å². The van der Waals surface area contributed by atoms with Gasteiger partial charge >= 0.3 is 0 Å². The molecule has 0 radical (unpaired) electrons. The molecule has 0 bridgehead atoms. The van der Waals surface area contributed by atoms with E-state index in [1.165, 1.54) is 30.7 Å². The van der Waals surface area contributed by atoms with Gasteiger partial charge in [0.1, 0.15) is 60.4 Å². The van der Waals surface area contributed by atoms with Gasteiger partial charge in [0.15, 0.2) is 0 Å². The first kappa shape index (κ1) is 67.4. The molecule has 7 amide bonds. The van der Waals surface area contributed by atoms with E-state index in [1.54, 1.807) is 0 Å². The molecule has 0 saturated carbocycles. The molecule has 16 atom stereocenters. The van der Waals surface area contributed by atoms with Crippen LogP contribution in [0.15, 0.2) is 24.3 Å². The van der Waals surface area contributed by atoms with E-state index in [-0.39, 0.29) is 69.9 Å². The number of nitrogens with one attached hydrogen (secondary N) is 7. The Morgan fingerprint density at radius 2 is 1.36 bits per heavy atom. The van der Waals surface area contributed by atoms with Crippen LogP contribution in [0.4, 0.5) is 0 Å². The number of benzene rings is 1. The summed E-state index contributed by atoms with van der Waals surface area (Å²) in [4.78, 5) is 103. The van der Waals surface area contributed by atoms with Crippen molar-refractivity contribution in [2.75, 3.05) is 45.9 Å². The maximum atomic E-state index is 14.7. The van der Waals surface area contributed by atoms with Crippen LogP contribution in [0.25, 0.3) is 0 Å². The van der Waals surface area contributed by atoms with Crippen molar-refractivity contribution in [2.24, 2.45) is 17.6 Å². The summed E-state index contributed by atoms with van der Waals surface area (Å²) < 4.78 is 0. The summed E-state index contributed by atoms with van der Waals surface area (Å²) in [6, 6.07) is -6.49. The largest absolute Gasteiger partial charge is 0.508 e. The van der Waals surface area contributed by atoms with Gasteiger partial charge in [-0.15, -0.1) is 0 Å². The molecule has 3 heterocycles. The van der Waals surface area contributed by atoms with Crippen molar-refractivity contribution < 1.29 is 79.5 Å². The lowest BCUT2D eigenvalue weighted by molar-refractivity contribution is -0.148. The third-order valence-corrected chi connectivity index (χ3v) is 15.3. The number of hydrogen-bond acceptors (Lipinski definition) is 19. The molecule has 1 aromatic carbocycles. The number of unbranched alkanes of at least 4 members (excludes halogenated alkanes) is 5. The van der Waals surface area contributed by atoms with E-state index in [2.05, 4.69) is 58.0 Å². The SMILES string of the molecule is CCC(C)CC(C)CCCCCCCCC(=O)NC1C[C@@H](O)C(NCCNCCO)NC(=O)C2[C@@H](O)CCN2C(=O)C([C@H](O)CCN)NC(=O)C([C@H](O)[C@@H](O)c2ccc(O)cc2)NC(=O)C2C[C@@H](O)CN2C(=O)C([C@@H](C)O)NC1=O. The van der Waals surface area contributed by atoms with E-state index in [1.807, 2.05) is 0 Å². The van der Waals surface area contributed by atoms with Gasteiger partial charge in [-0.1, -0.05) is 77.8 Å². The molecule has 0 aromatic heterocycles. The van der Waals surface area contributed by atoms with E-state index in [0.717, 1.165) is 55.2 Å². The predicted molar refractivity (Wildman–Crippen MR) is 291 cm³/mol. The van der Waals surface area contributed by atoms with Gasteiger partial charge < -0.3 is 93.4 Å². The van der Waals surface area contributed by atoms with Crippen LogP contribution >= 0.6 is 0 Å². The summed E-state index contributed by atoms with van der Waals surface area (Å²) in [7, 11) is 0. The third kappa shape index (κ3) is 20.1. The Labute approximate surface area is 468 Å². The fraction of sp³-hybridized carbons (Fsp3) is 0.759. The summed E-state index contributed by atoms with van der Waals surface area (Å²) in [6.07, 6.45) is -7.17. The minimum absolute atomic E-state index is 0.000238. The molecular formula is C54H92N10O16. The van der Waals surface area contributed by atoms with Crippen molar-refractivity contribution in [3.8, 4) is 5.75 Å². The summed E-state index contributed by atoms with van der Waals surface area (Å²) in [5.74, 6) is -6.50. The lowest BCUT2D eigenvalue weighted by Gasteiger charge is -2.35. The Balaban J connectivity index is 1.75. The summed E-state index contributed by atoms with van der Waals surface area (Å²) in [6.45, 7) is 6.90. The molecule has 3 saturated heterocycles. The van der Waals surface area contributed by atoms with Gasteiger partial charge in [-0.25, -0.2) is 0 Å². The molecule has 80 heavy (non-hydrogen) atoms. The highest BCUT2D eigenvalue weighted by Crippen LogP contribution is 2.27. The number of phenolic OH excluding ortho intramolecular Hbond substituents is 1. The minimum atomic E-state index is -2.29. The number of aromatic hydroxyl groups is 1. The summed E-state index contributed by atoms with van der Waals surface area (Å²) in [5.41, 5.74) is 5.71. The Bertz CT molecular complexity index is 2130. The van der Waals surface area contributed by atoms with Crippen LogP contribution in [-0.4, -0.2) is 222 Å². The first-order valence-electron chi connectivity index (χ1n) is 28.4. The van der Waals surface area contributed by atoms with Gasteiger partial charge in [-0.2, -0.15) is 0 Å². The fourth-order valence-corrected chi connectivity index (χ4v) is 10.5. The number of aliphatic hydroxyl groups excluding tert-OH is 8. The van der Waals surface area contributed by atoms with Crippen molar-refractivity contribution in [1.29, 1.82) is 0 Å². The Morgan fingerprint density at radius 1 is 0.725 bits per heavy atom. The van der Waals surface area contributed by atoms with Crippen LogP contribution in [0.2, 0.25) is 0 Å². The standard InChI is InChI=1S/C54H92N10O16/c1-5-30(2)26-31(3)12-10-8-6-7-9-11-13-41(72)58-36-28-40(71)48(57-22-21-56-23-25-65)62-52(78)45-39(70)19-24-63(45)54(80)43(38(69)18-20-55)60-51(77)44(47(74)46(73)33-14-16-34(67)17-15-33)61-50(76)37-27-35(68)29-64(37)53(79)42(32(4)66)59-49(36)75/h14-17,30-32,35-40,42-48,56-57,65-71,73-74H,5-13,18-29,55H2,1-4H3,(H,58,72)(H,59,75)(H,60,77)(H,61,76)(H,62,78)/t30?,31?,32-,35-,36?,37?,38-,39+,40-,42?,43?,44?,45?,46+,47+,48?/m1/s1. The van der Waals surface area contributed by atoms with E-state index >= 15 is 0 Å². The van der Waals surface area contributed by atoms with E-state index in [0.29, 0.717) is 24.7 Å². The zero-order chi connectivity index (χ0) is 59.2. The second kappa shape index (κ2) is 33.7. The lowest BCUT2D eigenvalue weighted by Crippen LogP contribution is -2.65. The van der Waals surface area contributed by atoms with Crippen LogP contribution in [0.5, 0.6) is 5.75 Å². The number of aliphatic hydroxyl groups is 8. The van der Waals surface area contributed by atoms with Crippen LogP contribution in [0.3, 0.4) is 0 Å². The number of fused-ring (bicyclic) bond motifs is 2. The molecule has 1 aromatic rings. The maximum Gasteiger partial charge on any atom is 0.248 e. The maximum absolute atomic E-state index is 14.7. The Hall–Kier alpha value is -5.13. The van der Waals surface area contributed by atoms with E-state index in [9.17, 15) is 79.5 Å². The third-order valence-electron chi connectivity index (χ3n) is 15.3. The monoisotopic (exact) mass is 1140 g/mol. The minimum Gasteiger partial charge on any atom is -0.508 e. The molecule has 26 heteroatoms. The number of nitrogens with two attached hydrogens (primary N) is 1. The number of nitrogens with zero attached hydrogens (tertiary/aromatic N) is 2. The number of phenols is 1. The van der Waals surface area contributed by atoms with Gasteiger partial charge in [-0.3, -0.25) is 38.9 Å². The van der Waals surface area contributed by atoms with Crippen molar-refractivity contribution in [2.45, 2.75) is 203 Å². The Morgan fingerprint density at radius 3 is 2.01 bits per heavy atom.